The van der Waals surface area contributed by atoms with Crippen molar-refractivity contribution < 1.29 is 18.5 Å². The van der Waals surface area contributed by atoms with E-state index in [-0.39, 0.29) is 22.7 Å². The summed E-state index contributed by atoms with van der Waals surface area (Å²) in [6.45, 7) is 4.28. The van der Waals surface area contributed by atoms with Crippen LogP contribution in [0.2, 0.25) is 5.02 Å². The van der Waals surface area contributed by atoms with Gasteiger partial charge in [0.05, 0.1) is 23.6 Å². The fourth-order valence-electron chi connectivity index (χ4n) is 7.40. The number of nitrogens with one attached hydrogen (secondary N) is 1. The van der Waals surface area contributed by atoms with Crippen molar-refractivity contribution in [1.29, 1.82) is 0 Å². The minimum Gasteiger partial charge on any atom is -0.490 e. The molecule has 2 heterocycles. The van der Waals surface area contributed by atoms with E-state index < -0.39 is 11.0 Å². The summed E-state index contributed by atoms with van der Waals surface area (Å²) in [5.74, 6) is 1.41. The summed E-state index contributed by atoms with van der Waals surface area (Å²) in [6.07, 6.45) is 12.2. The van der Waals surface area contributed by atoms with Gasteiger partial charge in [0, 0.05) is 36.2 Å². The second kappa shape index (κ2) is 12.1. The average Bonchev–Trinajstić information content (AvgIpc) is 3.10. The molecule has 0 saturated heterocycles. The highest BCUT2D eigenvalue weighted by molar-refractivity contribution is 7.84. The number of aryl methyl sites for hydroxylation is 1. The number of carbonyl (C=O) groups is 1. The summed E-state index contributed by atoms with van der Waals surface area (Å²) in [5.41, 5.74) is 3.92. The van der Waals surface area contributed by atoms with Gasteiger partial charge >= 0.3 is 0 Å². The Balaban J connectivity index is 1.41. The molecule has 2 aliphatic heterocycles. The van der Waals surface area contributed by atoms with E-state index in [0.29, 0.717) is 24.0 Å². The number of anilines is 1. The third kappa shape index (κ3) is 5.70. The Morgan fingerprint density at radius 1 is 1.20 bits per heavy atom. The number of carbonyl (C=O) groups excluding carboxylic acids is 1. The van der Waals surface area contributed by atoms with Crippen molar-refractivity contribution in [3.8, 4) is 5.75 Å². The zero-order chi connectivity index (χ0) is 28.6. The van der Waals surface area contributed by atoms with Gasteiger partial charge in [-0.25, -0.2) is 4.21 Å². The second-order valence-corrected chi connectivity index (χ2v) is 14.2. The molecular weight excluding hydrogens is 556 g/mol. The molecule has 1 fully saturated rings. The summed E-state index contributed by atoms with van der Waals surface area (Å²) in [4.78, 5) is 15.8. The van der Waals surface area contributed by atoms with Gasteiger partial charge in [0.15, 0.2) is 0 Å². The minimum absolute atomic E-state index is 0.0625. The van der Waals surface area contributed by atoms with Gasteiger partial charge in [0.25, 0.3) is 5.91 Å². The Hall–Kier alpha value is -2.35. The van der Waals surface area contributed by atoms with Crippen LogP contribution in [0.15, 0.2) is 48.6 Å². The molecule has 6 atom stereocenters. The fraction of sp³-hybridized carbons (Fsp3) is 0.545. The number of fused-ring (bicyclic) bond motifs is 4. The van der Waals surface area contributed by atoms with Crippen LogP contribution in [-0.4, -0.2) is 48.3 Å². The molecule has 0 radical (unpaired) electrons. The topological polar surface area (TPSA) is 67.9 Å². The molecular formula is C33H41ClN2O4S. The molecule has 2 aliphatic carbocycles. The fourth-order valence-corrected chi connectivity index (χ4v) is 8.71. The van der Waals surface area contributed by atoms with Crippen LogP contribution in [-0.2, 0) is 27.6 Å². The van der Waals surface area contributed by atoms with Crippen molar-refractivity contribution >= 4 is 34.2 Å². The second-order valence-electron chi connectivity index (χ2n) is 12.3. The normalized spacial score (nSPS) is 32.5. The van der Waals surface area contributed by atoms with Gasteiger partial charge in [0.2, 0.25) is 0 Å². The molecule has 6 rings (SSSR count). The average molecular weight is 597 g/mol. The minimum atomic E-state index is -1.46. The van der Waals surface area contributed by atoms with Crippen LogP contribution < -0.4 is 14.4 Å². The molecule has 1 N–H and O–H groups in total. The van der Waals surface area contributed by atoms with E-state index in [0.717, 1.165) is 80.9 Å². The first kappa shape index (κ1) is 28.8. The van der Waals surface area contributed by atoms with Crippen LogP contribution in [0, 0.1) is 11.8 Å². The molecule has 2 bridgehead atoms. The molecule has 220 valence electrons. The first-order valence-electron chi connectivity index (χ1n) is 15.1. The monoisotopic (exact) mass is 596 g/mol. The number of allylic oxidation sites excluding steroid dienone is 1. The number of hydrogen-bond donors (Lipinski definition) is 1. The van der Waals surface area contributed by atoms with Crippen molar-refractivity contribution in [2.45, 2.75) is 75.1 Å². The van der Waals surface area contributed by atoms with Crippen molar-refractivity contribution in [1.82, 2.24) is 4.72 Å². The number of rotatable bonds is 2. The van der Waals surface area contributed by atoms with Gasteiger partial charge in [-0.1, -0.05) is 36.7 Å². The highest BCUT2D eigenvalue weighted by Crippen LogP contribution is 2.47. The van der Waals surface area contributed by atoms with Crippen LogP contribution in [0.5, 0.6) is 5.75 Å². The van der Waals surface area contributed by atoms with E-state index in [2.05, 4.69) is 33.9 Å². The molecule has 1 amide bonds. The van der Waals surface area contributed by atoms with Crippen molar-refractivity contribution in [2.75, 3.05) is 31.7 Å². The van der Waals surface area contributed by atoms with Gasteiger partial charge < -0.3 is 14.4 Å². The van der Waals surface area contributed by atoms with Crippen molar-refractivity contribution in [2.24, 2.45) is 11.8 Å². The van der Waals surface area contributed by atoms with Gasteiger partial charge in [0.1, 0.15) is 16.7 Å². The SMILES string of the molecule is CCC1CC/C=C/C(OC)C2CCC2CN2C[C@@]3(CCCc4cc(Cl)ccc43)COc3ccc(cc32)C(=O)NS1=O. The number of nitrogens with zero attached hydrogens (tertiary/aromatic N) is 1. The largest absolute Gasteiger partial charge is 0.490 e. The maximum absolute atomic E-state index is 13.3. The lowest BCUT2D eigenvalue weighted by Crippen LogP contribution is -2.49. The van der Waals surface area contributed by atoms with Crippen LogP contribution in [0.4, 0.5) is 5.69 Å². The highest BCUT2D eigenvalue weighted by Gasteiger charge is 2.44. The molecule has 6 nitrogen and oxygen atoms in total. The Kier molecular flexibility index (Phi) is 8.49. The van der Waals surface area contributed by atoms with Crippen LogP contribution >= 0.6 is 11.6 Å². The summed E-state index contributed by atoms with van der Waals surface area (Å²) in [6, 6.07) is 12.0. The lowest BCUT2D eigenvalue weighted by atomic mass is 9.68. The van der Waals surface area contributed by atoms with Gasteiger partial charge in [-0.15, -0.1) is 0 Å². The number of amides is 1. The Bertz CT molecular complexity index is 1350. The lowest BCUT2D eigenvalue weighted by Gasteiger charge is -2.46. The molecule has 2 aromatic rings. The molecule has 5 unspecified atom stereocenters. The van der Waals surface area contributed by atoms with E-state index in [1.54, 1.807) is 6.07 Å². The zero-order valence-electron chi connectivity index (χ0n) is 24.1. The van der Waals surface area contributed by atoms with Crippen LogP contribution in [0.1, 0.15) is 73.4 Å². The van der Waals surface area contributed by atoms with Crippen molar-refractivity contribution in [3.63, 3.8) is 0 Å². The van der Waals surface area contributed by atoms with Gasteiger partial charge in [-0.05, 0) is 105 Å². The van der Waals surface area contributed by atoms with E-state index in [9.17, 15) is 9.00 Å². The third-order valence-electron chi connectivity index (χ3n) is 9.86. The Morgan fingerprint density at radius 2 is 2.07 bits per heavy atom. The number of halogens is 1. The first-order valence-corrected chi connectivity index (χ1v) is 16.7. The van der Waals surface area contributed by atoms with Crippen LogP contribution in [0.25, 0.3) is 0 Å². The Morgan fingerprint density at radius 3 is 2.85 bits per heavy atom. The number of hydrogen-bond acceptors (Lipinski definition) is 5. The summed E-state index contributed by atoms with van der Waals surface area (Å²) in [7, 11) is 0.344. The maximum atomic E-state index is 13.3. The summed E-state index contributed by atoms with van der Waals surface area (Å²) < 4.78 is 28.5. The predicted molar refractivity (Wildman–Crippen MR) is 165 cm³/mol. The maximum Gasteiger partial charge on any atom is 0.263 e. The van der Waals surface area contributed by atoms with E-state index in [4.69, 9.17) is 21.1 Å². The van der Waals surface area contributed by atoms with Gasteiger partial charge in [-0.2, -0.15) is 0 Å². The first-order chi connectivity index (χ1) is 19.9. The lowest BCUT2D eigenvalue weighted by molar-refractivity contribution is 0.0132. The third-order valence-corrected chi connectivity index (χ3v) is 11.7. The molecule has 1 saturated carbocycles. The Labute approximate surface area is 251 Å². The highest BCUT2D eigenvalue weighted by atomic mass is 35.5. The molecule has 1 spiro atoms. The molecule has 4 aliphatic rings. The van der Waals surface area contributed by atoms with E-state index in [1.807, 2.05) is 32.2 Å². The number of benzene rings is 2. The smallest absolute Gasteiger partial charge is 0.263 e. The molecule has 41 heavy (non-hydrogen) atoms. The predicted octanol–water partition coefficient (Wildman–Crippen LogP) is 6.38. The van der Waals surface area contributed by atoms with Crippen molar-refractivity contribution in [3.05, 3.63) is 70.3 Å². The van der Waals surface area contributed by atoms with Gasteiger partial charge in [-0.3, -0.25) is 9.52 Å². The molecule has 8 heteroatoms. The standard InChI is InChI=1S/C33H41ClN2O4S/c1-3-26-8-4-5-9-30(39-2)27-13-10-24(27)19-36-20-33(16-6-7-22-17-25(34)12-14-28(22)33)21-40-31-15-11-23(18-29(31)36)32(37)35-41(26)38/h5,9,11-12,14-15,17-18,24,26-27,30H,3-4,6-8,10,13,16,19-21H2,1-2H3,(H,35,37)/b9-5+/t24?,26?,27?,30?,33-,41?/m0/s1. The number of methoxy groups -OCH3 is 1. The quantitative estimate of drug-likeness (QED) is 0.408. The summed E-state index contributed by atoms with van der Waals surface area (Å²) >= 11 is 6.42. The molecule has 2 aromatic carbocycles. The van der Waals surface area contributed by atoms with Crippen LogP contribution in [0.3, 0.4) is 0 Å². The number of ether oxygens (including phenoxy) is 2. The molecule has 0 aromatic heterocycles. The summed E-state index contributed by atoms with van der Waals surface area (Å²) in [5, 5.41) is 0.673. The van der Waals surface area contributed by atoms with E-state index >= 15 is 0 Å². The zero-order valence-corrected chi connectivity index (χ0v) is 25.6. The van der Waals surface area contributed by atoms with E-state index in [1.165, 1.54) is 11.1 Å².